The predicted octanol–water partition coefficient (Wildman–Crippen LogP) is 1.45. The van der Waals surface area contributed by atoms with Crippen molar-refractivity contribution in [3.8, 4) is 5.75 Å². The molecular weight excluding hydrogens is 290 g/mol. The summed E-state index contributed by atoms with van der Waals surface area (Å²) in [5.41, 5.74) is 0.0151. The van der Waals surface area contributed by atoms with Crippen molar-refractivity contribution in [2.45, 2.75) is 18.9 Å². The summed E-state index contributed by atoms with van der Waals surface area (Å²) in [5, 5.41) is 16.1. The van der Waals surface area contributed by atoms with Gasteiger partial charge in [-0.25, -0.2) is 4.79 Å². The summed E-state index contributed by atoms with van der Waals surface area (Å²) < 4.78 is 10.6. The first-order valence-electron chi connectivity index (χ1n) is 7.14. The van der Waals surface area contributed by atoms with E-state index in [0.717, 1.165) is 12.8 Å². The maximum Gasteiger partial charge on any atom is 0.315 e. The highest BCUT2D eigenvalue weighted by molar-refractivity contribution is 5.74. The smallest absolute Gasteiger partial charge is 0.315 e. The van der Waals surface area contributed by atoms with Gasteiger partial charge in [-0.2, -0.15) is 0 Å². The van der Waals surface area contributed by atoms with Crippen LogP contribution in [0.5, 0.6) is 5.75 Å². The molecule has 0 saturated carbocycles. The molecule has 0 unspecified atom stereocenters. The lowest BCUT2D eigenvalue weighted by molar-refractivity contribution is -0.384. The zero-order valence-corrected chi connectivity index (χ0v) is 12.1. The second-order valence-corrected chi connectivity index (χ2v) is 4.89. The molecule has 120 valence electrons. The van der Waals surface area contributed by atoms with Gasteiger partial charge in [-0.1, -0.05) is 0 Å². The lowest BCUT2D eigenvalue weighted by Crippen LogP contribution is -2.45. The molecule has 2 N–H and O–H groups in total. The lowest BCUT2D eigenvalue weighted by atomic mass is 10.1. The molecule has 0 radical (unpaired) electrons. The van der Waals surface area contributed by atoms with Gasteiger partial charge < -0.3 is 20.1 Å². The van der Waals surface area contributed by atoms with Crippen LogP contribution in [0.3, 0.4) is 0 Å². The molecule has 0 aliphatic carbocycles. The van der Waals surface area contributed by atoms with E-state index in [0.29, 0.717) is 32.1 Å². The maximum atomic E-state index is 11.6. The quantitative estimate of drug-likeness (QED) is 0.470. The van der Waals surface area contributed by atoms with Crippen LogP contribution < -0.4 is 15.4 Å². The van der Waals surface area contributed by atoms with Gasteiger partial charge in [0.05, 0.1) is 11.5 Å². The van der Waals surface area contributed by atoms with Crippen molar-refractivity contribution in [2.75, 3.05) is 26.4 Å². The number of urea groups is 1. The van der Waals surface area contributed by atoms with Crippen LogP contribution in [0, 0.1) is 10.1 Å². The number of hydrogen-bond acceptors (Lipinski definition) is 5. The zero-order chi connectivity index (χ0) is 15.8. The minimum atomic E-state index is -0.466. The van der Waals surface area contributed by atoms with E-state index in [1.54, 1.807) is 0 Å². The lowest BCUT2D eigenvalue weighted by Gasteiger charge is -2.23. The van der Waals surface area contributed by atoms with Crippen LogP contribution in [-0.4, -0.2) is 43.4 Å². The standard InChI is InChI=1S/C14H19N3O5/c18-14(16-11-5-8-21-9-6-11)15-7-10-22-13-3-1-12(2-4-13)17(19)20/h1-4,11H,5-10H2,(H2,15,16,18). The average Bonchev–Trinajstić information content (AvgIpc) is 2.53. The minimum absolute atomic E-state index is 0.0151. The highest BCUT2D eigenvalue weighted by atomic mass is 16.6. The Balaban J connectivity index is 1.61. The molecule has 1 aromatic carbocycles. The Hall–Kier alpha value is -2.35. The van der Waals surface area contributed by atoms with Crippen LogP contribution >= 0.6 is 0 Å². The number of benzene rings is 1. The van der Waals surface area contributed by atoms with E-state index in [4.69, 9.17) is 9.47 Å². The van der Waals surface area contributed by atoms with Crippen molar-refractivity contribution in [1.82, 2.24) is 10.6 Å². The van der Waals surface area contributed by atoms with Crippen molar-refractivity contribution in [3.63, 3.8) is 0 Å². The number of amides is 2. The molecule has 2 amide bonds. The molecule has 0 bridgehead atoms. The van der Waals surface area contributed by atoms with Crippen molar-refractivity contribution >= 4 is 11.7 Å². The van der Waals surface area contributed by atoms with Gasteiger partial charge in [-0.3, -0.25) is 10.1 Å². The van der Waals surface area contributed by atoms with E-state index < -0.39 is 4.92 Å². The summed E-state index contributed by atoms with van der Waals surface area (Å²) >= 11 is 0. The number of nitro benzene ring substituents is 1. The third-order valence-electron chi connectivity index (χ3n) is 3.26. The molecule has 1 aromatic rings. The van der Waals surface area contributed by atoms with Crippen molar-refractivity contribution in [1.29, 1.82) is 0 Å². The third-order valence-corrected chi connectivity index (χ3v) is 3.26. The van der Waals surface area contributed by atoms with E-state index >= 15 is 0 Å². The first-order chi connectivity index (χ1) is 10.6. The second kappa shape index (κ2) is 8.18. The largest absolute Gasteiger partial charge is 0.492 e. The topological polar surface area (TPSA) is 103 Å². The van der Waals surface area contributed by atoms with Crippen molar-refractivity contribution in [3.05, 3.63) is 34.4 Å². The van der Waals surface area contributed by atoms with E-state index in [-0.39, 0.29) is 17.8 Å². The van der Waals surface area contributed by atoms with Gasteiger partial charge in [0.15, 0.2) is 0 Å². The van der Waals surface area contributed by atoms with Gasteiger partial charge in [-0.15, -0.1) is 0 Å². The van der Waals surface area contributed by atoms with Crippen LogP contribution in [0.15, 0.2) is 24.3 Å². The highest BCUT2D eigenvalue weighted by Gasteiger charge is 2.15. The molecule has 0 atom stereocenters. The SMILES string of the molecule is O=C(NCCOc1ccc([N+](=O)[O-])cc1)NC1CCOCC1. The Kier molecular flexibility index (Phi) is 5.96. The molecule has 2 rings (SSSR count). The molecule has 8 nitrogen and oxygen atoms in total. The van der Waals surface area contributed by atoms with Gasteiger partial charge in [0.2, 0.25) is 0 Å². The number of carbonyl (C=O) groups is 1. The van der Waals surface area contributed by atoms with E-state index in [1.807, 2.05) is 0 Å². The average molecular weight is 309 g/mol. The Labute approximate surface area is 127 Å². The fourth-order valence-corrected chi connectivity index (χ4v) is 2.08. The Morgan fingerprint density at radius 1 is 1.32 bits per heavy atom. The first-order valence-corrected chi connectivity index (χ1v) is 7.14. The Morgan fingerprint density at radius 3 is 2.64 bits per heavy atom. The third kappa shape index (κ3) is 5.21. The van der Waals surface area contributed by atoms with Crippen molar-refractivity contribution < 1.29 is 19.2 Å². The molecule has 8 heteroatoms. The number of rotatable bonds is 6. The van der Waals surface area contributed by atoms with Crippen LogP contribution in [-0.2, 0) is 4.74 Å². The number of ether oxygens (including phenoxy) is 2. The Bertz CT molecular complexity index is 500. The van der Waals surface area contributed by atoms with Crippen LogP contribution in [0.1, 0.15) is 12.8 Å². The summed E-state index contributed by atoms with van der Waals surface area (Å²) in [6.45, 7) is 1.99. The molecule has 1 aliphatic rings. The number of hydrogen-bond donors (Lipinski definition) is 2. The van der Waals surface area contributed by atoms with Gasteiger partial charge in [-0.05, 0) is 25.0 Å². The number of carbonyl (C=O) groups excluding carboxylic acids is 1. The van der Waals surface area contributed by atoms with Gasteiger partial charge in [0, 0.05) is 31.4 Å². The molecule has 22 heavy (non-hydrogen) atoms. The maximum absolute atomic E-state index is 11.6. The predicted molar refractivity (Wildman–Crippen MR) is 79.0 cm³/mol. The summed E-state index contributed by atoms with van der Waals surface area (Å²) in [5.74, 6) is 0.525. The summed E-state index contributed by atoms with van der Waals surface area (Å²) in [7, 11) is 0. The minimum Gasteiger partial charge on any atom is -0.492 e. The van der Waals surface area contributed by atoms with Crippen LogP contribution in [0.4, 0.5) is 10.5 Å². The molecule has 1 aliphatic heterocycles. The normalized spacial score (nSPS) is 15.1. The molecule has 1 fully saturated rings. The summed E-state index contributed by atoms with van der Waals surface area (Å²) in [4.78, 5) is 21.7. The molecular formula is C14H19N3O5. The Morgan fingerprint density at radius 2 is 2.00 bits per heavy atom. The molecule has 1 heterocycles. The summed E-state index contributed by atoms with van der Waals surface area (Å²) in [6.07, 6.45) is 1.65. The van der Waals surface area contributed by atoms with Gasteiger partial charge in [0.25, 0.3) is 5.69 Å². The highest BCUT2D eigenvalue weighted by Crippen LogP contribution is 2.16. The number of nitrogens with one attached hydrogen (secondary N) is 2. The molecule has 0 spiro atoms. The summed E-state index contributed by atoms with van der Waals surface area (Å²) in [6, 6.07) is 5.74. The van der Waals surface area contributed by atoms with Crippen molar-refractivity contribution in [2.24, 2.45) is 0 Å². The van der Waals surface area contributed by atoms with Crippen LogP contribution in [0.2, 0.25) is 0 Å². The second-order valence-electron chi connectivity index (χ2n) is 4.89. The monoisotopic (exact) mass is 309 g/mol. The van der Waals surface area contributed by atoms with E-state index in [9.17, 15) is 14.9 Å². The van der Waals surface area contributed by atoms with Gasteiger partial charge >= 0.3 is 6.03 Å². The molecule has 1 saturated heterocycles. The van der Waals surface area contributed by atoms with Crippen LogP contribution in [0.25, 0.3) is 0 Å². The number of nitrogens with zero attached hydrogens (tertiary/aromatic N) is 1. The van der Waals surface area contributed by atoms with E-state index in [2.05, 4.69) is 10.6 Å². The van der Waals surface area contributed by atoms with E-state index in [1.165, 1.54) is 24.3 Å². The fraction of sp³-hybridized carbons (Fsp3) is 0.500. The number of nitro groups is 1. The fourth-order valence-electron chi connectivity index (χ4n) is 2.08. The van der Waals surface area contributed by atoms with Gasteiger partial charge in [0.1, 0.15) is 12.4 Å². The zero-order valence-electron chi connectivity index (χ0n) is 12.1. The molecule has 0 aromatic heterocycles. The number of non-ortho nitro benzene ring substituents is 1. The first kappa shape index (κ1) is 16.0.